The maximum absolute atomic E-state index is 11.7. The van der Waals surface area contributed by atoms with Crippen molar-refractivity contribution in [2.45, 2.75) is 13.0 Å². The summed E-state index contributed by atoms with van der Waals surface area (Å²) in [5.74, 6) is 5.87. The van der Waals surface area contributed by atoms with Gasteiger partial charge in [0.05, 0.1) is 22.0 Å². The first-order valence-electron chi connectivity index (χ1n) is 6.60. The lowest BCUT2D eigenvalue weighted by Crippen LogP contribution is -2.38. The molecule has 124 valence electrons. The first-order chi connectivity index (χ1) is 11.0. The Balaban J connectivity index is 2.07. The largest absolute Gasteiger partial charge is 0.492 e. The Kier molecular flexibility index (Phi) is 4.39. The Morgan fingerprint density at radius 1 is 1.35 bits per heavy atom. The molecule has 0 saturated heterocycles. The number of ether oxygens (including phenoxy) is 3. The van der Waals surface area contributed by atoms with Gasteiger partial charge < -0.3 is 19.0 Å². The van der Waals surface area contributed by atoms with Crippen LogP contribution in [0.25, 0.3) is 0 Å². The van der Waals surface area contributed by atoms with Crippen molar-refractivity contribution in [1.29, 1.82) is 0 Å². The van der Waals surface area contributed by atoms with Gasteiger partial charge in [-0.2, -0.15) is 0 Å². The molecule has 2 atom stereocenters. The normalized spacial score (nSPS) is 21.7. The number of fused-ring (bicyclic) bond motifs is 1. The molecule has 0 radical (unpaired) electrons. The van der Waals surface area contributed by atoms with E-state index in [9.17, 15) is 4.79 Å². The minimum absolute atomic E-state index is 0.0958. The molecule has 2 aliphatic heterocycles. The van der Waals surface area contributed by atoms with Gasteiger partial charge in [-0.3, -0.25) is 10.2 Å². The zero-order valence-corrected chi connectivity index (χ0v) is 15.4. The summed E-state index contributed by atoms with van der Waals surface area (Å²) in [5.41, 5.74) is 2.99. The Morgan fingerprint density at radius 3 is 2.70 bits per heavy atom. The van der Waals surface area contributed by atoms with Crippen LogP contribution in [0.15, 0.2) is 14.1 Å². The number of methoxy groups -OCH3 is 1. The predicted molar refractivity (Wildman–Crippen MR) is 87.3 cm³/mol. The van der Waals surface area contributed by atoms with Gasteiger partial charge in [-0.15, -0.1) is 0 Å². The molecule has 2 unspecified atom stereocenters. The third-order valence-electron chi connectivity index (χ3n) is 3.69. The Bertz CT molecular complexity index is 710. The van der Waals surface area contributed by atoms with Gasteiger partial charge in [0.25, 0.3) is 5.91 Å². The minimum atomic E-state index is -0.519. The summed E-state index contributed by atoms with van der Waals surface area (Å²) in [7, 11) is 1.53. The number of carbonyl (C=O) groups excluding carboxylic acids is 1. The lowest BCUT2D eigenvalue weighted by Gasteiger charge is -2.20. The molecule has 3 rings (SSSR count). The van der Waals surface area contributed by atoms with Crippen LogP contribution in [0, 0.1) is 5.92 Å². The number of nitrogens with zero attached hydrogens (tertiary/aromatic N) is 1. The maximum Gasteiger partial charge on any atom is 0.283 e. The number of hydrazine groups is 1. The van der Waals surface area contributed by atoms with E-state index in [1.54, 1.807) is 0 Å². The van der Waals surface area contributed by atoms with Gasteiger partial charge in [-0.05, 0) is 31.9 Å². The molecule has 23 heavy (non-hydrogen) atoms. The van der Waals surface area contributed by atoms with Gasteiger partial charge in [0.1, 0.15) is 0 Å². The zero-order chi connectivity index (χ0) is 16.7. The van der Waals surface area contributed by atoms with Crippen LogP contribution in [-0.4, -0.2) is 25.5 Å². The third kappa shape index (κ3) is 2.45. The monoisotopic (exact) mass is 449 g/mol. The van der Waals surface area contributed by atoms with Crippen LogP contribution in [-0.2, 0) is 9.63 Å². The van der Waals surface area contributed by atoms with Crippen LogP contribution >= 0.6 is 31.9 Å². The molecule has 3 N–H and O–H groups in total. The van der Waals surface area contributed by atoms with E-state index >= 15 is 0 Å². The second-order valence-corrected chi connectivity index (χ2v) is 6.49. The summed E-state index contributed by atoms with van der Waals surface area (Å²) in [6.45, 7) is 1.92. The number of hydrogen-bond acceptors (Lipinski definition) is 7. The van der Waals surface area contributed by atoms with E-state index < -0.39 is 12.0 Å². The molecule has 10 heteroatoms. The van der Waals surface area contributed by atoms with Crippen LogP contribution in [0.4, 0.5) is 0 Å². The van der Waals surface area contributed by atoms with Crippen LogP contribution in [0.5, 0.6) is 17.2 Å². The number of nitrogens with one attached hydrogen (secondary N) is 1. The average molecular weight is 451 g/mol. The molecule has 2 aliphatic rings. The van der Waals surface area contributed by atoms with E-state index in [-0.39, 0.29) is 18.4 Å². The molecule has 0 spiro atoms. The second-order valence-electron chi connectivity index (χ2n) is 4.90. The van der Waals surface area contributed by atoms with E-state index in [1.165, 1.54) is 7.11 Å². The fraction of sp³-hybridized carbons (Fsp3) is 0.385. The van der Waals surface area contributed by atoms with E-state index in [0.29, 0.717) is 31.8 Å². The fourth-order valence-corrected chi connectivity index (χ4v) is 4.29. The van der Waals surface area contributed by atoms with Gasteiger partial charge >= 0.3 is 0 Å². The van der Waals surface area contributed by atoms with Gasteiger partial charge in [0.15, 0.2) is 23.3 Å². The average Bonchev–Trinajstić information content (AvgIpc) is 3.15. The Labute approximate surface area is 148 Å². The van der Waals surface area contributed by atoms with Gasteiger partial charge in [0, 0.05) is 5.56 Å². The van der Waals surface area contributed by atoms with Crippen molar-refractivity contribution < 1.29 is 23.8 Å². The summed E-state index contributed by atoms with van der Waals surface area (Å²) >= 11 is 7.02. The van der Waals surface area contributed by atoms with Gasteiger partial charge in [-0.25, -0.2) is 5.84 Å². The second kappa shape index (κ2) is 6.17. The Hall–Kier alpha value is -1.52. The fourth-order valence-electron chi connectivity index (χ4n) is 2.54. The van der Waals surface area contributed by atoms with Crippen molar-refractivity contribution in [3.8, 4) is 17.2 Å². The zero-order valence-electron chi connectivity index (χ0n) is 12.2. The van der Waals surface area contributed by atoms with E-state index in [4.69, 9.17) is 24.9 Å². The molecule has 0 aromatic heterocycles. The summed E-state index contributed by atoms with van der Waals surface area (Å²) < 4.78 is 17.6. The standard InChI is InChI=1S/C13H13Br2N3O5/c1-4-8(13(19)17-16)18-23-9(4)5-6(14)10(20-2)12-11(7(5)15)21-3-22-12/h4,9H,3,16H2,1-2H3,(H,17,19). The van der Waals surface area contributed by atoms with E-state index in [0.717, 1.165) is 0 Å². The first kappa shape index (κ1) is 16.3. The van der Waals surface area contributed by atoms with Crippen LogP contribution in [0.3, 0.4) is 0 Å². The predicted octanol–water partition coefficient (Wildman–Crippen LogP) is 2.00. The highest BCUT2D eigenvalue weighted by molar-refractivity contribution is 9.11. The lowest BCUT2D eigenvalue weighted by molar-refractivity contribution is -0.115. The molecule has 1 aromatic carbocycles. The Morgan fingerprint density at radius 2 is 2.04 bits per heavy atom. The SMILES string of the molecule is COc1c(Br)c(C2ON=C(C(=O)NN)C2C)c(Br)c2c1OCO2. The molecule has 1 aromatic rings. The quantitative estimate of drug-likeness (QED) is 0.414. The van der Waals surface area contributed by atoms with E-state index in [1.807, 2.05) is 6.92 Å². The van der Waals surface area contributed by atoms with Crippen LogP contribution in [0.1, 0.15) is 18.6 Å². The van der Waals surface area contributed by atoms with Crippen LogP contribution < -0.4 is 25.5 Å². The number of nitrogens with two attached hydrogens (primary N) is 1. The topological polar surface area (TPSA) is 104 Å². The molecule has 1 amide bonds. The van der Waals surface area contributed by atoms with E-state index in [2.05, 4.69) is 42.4 Å². The first-order valence-corrected chi connectivity index (χ1v) is 8.18. The van der Waals surface area contributed by atoms with Crippen molar-refractivity contribution in [2.75, 3.05) is 13.9 Å². The summed E-state index contributed by atoms with van der Waals surface area (Å²) in [6, 6.07) is 0. The molecule has 2 heterocycles. The highest BCUT2D eigenvalue weighted by atomic mass is 79.9. The number of oxime groups is 1. The van der Waals surface area contributed by atoms with Gasteiger partial charge in [-0.1, -0.05) is 12.1 Å². The number of carbonyl (C=O) groups is 1. The maximum atomic E-state index is 11.7. The number of benzene rings is 1. The summed E-state index contributed by atoms with van der Waals surface area (Å²) in [4.78, 5) is 17.2. The smallest absolute Gasteiger partial charge is 0.283 e. The van der Waals surface area contributed by atoms with Crippen molar-refractivity contribution in [2.24, 2.45) is 16.9 Å². The van der Waals surface area contributed by atoms with Gasteiger partial charge in [0.2, 0.25) is 12.5 Å². The minimum Gasteiger partial charge on any atom is -0.492 e. The molecule has 8 nitrogen and oxygen atoms in total. The number of rotatable bonds is 3. The summed E-state index contributed by atoms with van der Waals surface area (Å²) in [6.07, 6.45) is -0.519. The molecule has 0 aliphatic carbocycles. The lowest BCUT2D eigenvalue weighted by atomic mass is 9.93. The molecule has 0 bridgehead atoms. The molecule has 0 saturated carbocycles. The van der Waals surface area contributed by atoms with Crippen molar-refractivity contribution in [3.05, 3.63) is 14.5 Å². The third-order valence-corrected chi connectivity index (χ3v) is 5.27. The van der Waals surface area contributed by atoms with Crippen molar-refractivity contribution >= 4 is 43.5 Å². The number of amides is 1. The summed E-state index contributed by atoms with van der Waals surface area (Å²) in [5, 5.41) is 3.85. The van der Waals surface area contributed by atoms with Crippen molar-refractivity contribution in [1.82, 2.24) is 5.43 Å². The number of halogens is 2. The van der Waals surface area contributed by atoms with Crippen LogP contribution in [0.2, 0.25) is 0 Å². The molecular weight excluding hydrogens is 438 g/mol. The van der Waals surface area contributed by atoms with Crippen molar-refractivity contribution in [3.63, 3.8) is 0 Å². The molecule has 0 fully saturated rings. The number of hydrogen-bond donors (Lipinski definition) is 2. The highest BCUT2D eigenvalue weighted by Gasteiger charge is 2.41. The highest BCUT2D eigenvalue weighted by Crippen LogP contribution is 2.55. The molecular formula is C13H13Br2N3O5.